The Hall–Kier alpha value is -0.790. The van der Waals surface area contributed by atoms with Gasteiger partial charge in [0, 0.05) is 0 Å². The quantitative estimate of drug-likeness (QED) is 0.297. The number of carbonyl (C=O) groups excluding carboxylic acids is 1. The number of carbonyl (C=O) groups is 1. The van der Waals surface area contributed by atoms with Gasteiger partial charge in [0.25, 0.3) is 6.47 Å². The van der Waals surface area contributed by atoms with Crippen LogP contribution >= 0.6 is 0 Å². The van der Waals surface area contributed by atoms with Gasteiger partial charge >= 0.3 is 0 Å². The van der Waals surface area contributed by atoms with E-state index in [9.17, 15) is 4.79 Å². The lowest BCUT2D eigenvalue weighted by Crippen LogP contribution is -1.83. The fourth-order valence-electron chi connectivity index (χ4n) is 0.191. The molecule has 0 heterocycles. The van der Waals surface area contributed by atoms with Gasteiger partial charge in [0.1, 0.15) is 6.61 Å². The molecular formula is C5H8O2. The van der Waals surface area contributed by atoms with Crippen LogP contribution in [-0.2, 0) is 9.53 Å². The zero-order valence-electron chi connectivity index (χ0n) is 4.26. The van der Waals surface area contributed by atoms with E-state index in [1.54, 1.807) is 6.08 Å². The summed E-state index contributed by atoms with van der Waals surface area (Å²) < 4.78 is 4.31. The Morgan fingerprint density at radius 1 is 1.71 bits per heavy atom. The van der Waals surface area contributed by atoms with Crippen LogP contribution in [-0.4, -0.2) is 13.1 Å². The van der Waals surface area contributed by atoms with Gasteiger partial charge in [-0.25, -0.2) is 0 Å². The average molecular weight is 100 g/mol. The van der Waals surface area contributed by atoms with E-state index in [4.69, 9.17) is 0 Å². The Morgan fingerprint density at radius 2 is 2.43 bits per heavy atom. The van der Waals surface area contributed by atoms with Gasteiger partial charge in [-0.05, 0) is 6.92 Å². The molecule has 2 heteroatoms. The summed E-state index contributed by atoms with van der Waals surface area (Å²) in [6, 6.07) is 0. The highest BCUT2D eigenvalue weighted by Gasteiger charge is 1.68. The summed E-state index contributed by atoms with van der Waals surface area (Å²) in [5.41, 5.74) is 0. The molecular weight excluding hydrogens is 92.1 g/mol. The second-order valence-electron chi connectivity index (χ2n) is 0.999. The van der Waals surface area contributed by atoms with E-state index in [0.29, 0.717) is 13.1 Å². The largest absolute Gasteiger partial charge is 0.464 e. The van der Waals surface area contributed by atoms with Gasteiger partial charge in [0.2, 0.25) is 0 Å². The Balaban J connectivity index is 2.82. The highest BCUT2D eigenvalue weighted by molar-refractivity contribution is 5.37. The van der Waals surface area contributed by atoms with Gasteiger partial charge in [-0.2, -0.15) is 0 Å². The molecule has 0 amide bonds. The predicted molar refractivity (Wildman–Crippen MR) is 26.8 cm³/mol. The molecule has 0 aliphatic rings. The molecule has 0 aliphatic carbocycles. The van der Waals surface area contributed by atoms with Crippen molar-refractivity contribution in [1.82, 2.24) is 0 Å². The van der Waals surface area contributed by atoms with Gasteiger partial charge in [-0.3, -0.25) is 4.79 Å². The first-order valence-electron chi connectivity index (χ1n) is 2.08. The Labute approximate surface area is 42.8 Å². The molecule has 0 aromatic carbocycles. The first-order valence-corrected chi connectivity index (χ1v) is 2.08. The highest BCUT2D eigenvalue weighted by atomic mass is 16.5. The van der Waals surface area contributed by atoms with Crippen LogP contribution < -0.4 is 0 Å². The summed E-state index contributed by atoms with van der Waals surface area (Å²) in [4.78, 5) is 9.42. The third-order valence-electron chi connectivity index (χ3n) is 0.496. The molecule has 0 rings (SSSR count). The van der Waals surface area contributed by atoms with Gasteiger partial charge < -0.3 is 4.74 Å². The minimum Gasteiger partial charge on any atom is -0.464 e. The summed E-state index contributed by atoms with van der Waals surface area (Å²) in [5.74, 6) is 0. The summed E-state index contributed by atoms with van der Waals surface area (Å²) in [6.45, 7) is 2.69. The normalized spacial score (nSPS) is 9.29. The Kier molecular flexibility index (Phi) is 4.62. The van der Waals surface area contributed by atoms with Crippen LogP contribution in [0.25, 0.3) is 0 Å². The average Bonchev–Trinajstić information content (AvgIpc) is 1.69. The molecule has 0 aromatic rings. The predicted octanol–water partition coefficient (Wildman–Crippen LogP) is 0.736. The molecule has 0 fully saturated rings. The van der Waals surface area contributed by atoms with Crippen LogP contribution in [0.3, 0.4) is 0 Å². The fraction of sp³-hybridized carbons (Fsp3) is 0.400. The van der Waals surface area contributed by atoms with Gasteiger partial charge in [0.15, 0.2) is 0 Å². The maximum Gasteiger partial charge on any atom is 0.293 e. The molecule has 0 saturated carbocycles. The number of ether oxygens (including phenoxy) is 1. The van der Waals surface area contributed by atoms with Crippen molar-refractivity contribution in [1.29, 1.82) is 0 Å². The van der Waals surface area contributed by atoms with Crippen molar-refractivity contribution in [3.63, 3.8) is 0 Å². The van der Waals surface area contributed by atoms with Gasteiger partial charge in [0.05, 0.1) is 0 Å². The number of hydrogen-bond acceptors (Lipinski definition) is 2. The molecule has 0 saturated heterocycles. The lowest BCUT2D eigenvalue weighted by molar-refractivity contribution is -0.127. The van der Waals surface area contributed by atoms with Crippen LogP contribution in [0.4, 0.5) is 0 Å². The molecule has 2 nitrogen and oxygen atoms in total. The third kappa shape index (κ3) is 5.21. The lowest BCUT2D eigenvalue weighted by atomic mass is 10.6. The van der Waals surface area contributed by atoms with Crippen molar-refractivity contribution in [2.45, 2.75) is 6.92 Å². The maximum absolute atomic E-state index is 9.42. The monoisotopic (exact) mass is 100 g/mol. The van der Waals surface area contributed by atoms with E-state index in [1.807, 2.05) is 13.0 Å². The van der Waals surface area contributed by atoms with Crippen molar-refractivity contribution < 1.29 is 9.53 Å². The molecule has 7 heavy (non-hydrogen) atoms. The zero-order chi connectivity index (χ0) is 5.54. The van der Waals surface area contributed by atoms with Crippen LogP contribution in [0, 0.1) is 0 Å². The fourth-order valence-corrected chi connectivity index (χ4v) is 0.191. The summed E-state index contributed by atoms with van der Waals surface area (Å²) >= 11 is 0. The van der Waals surface area contributed by atoms with Crippen molar-refractivity contribution in [2.24, 2.45) is 0 Å². The zero-order valence-corrected chi connectivity index (χ0v) is 4.26. The SMILES string of the molecule is C/C=C\COC=O. The van der Waals surface area contributed by atoms with E-state index in [-0.39, 0.29) is 0 Å². The first-order chi connectivity index (χ1) is 3.41. The maximum atomic E-state index is 9.42. The molecule has 0 N–H and O–H groups in total. The first kappa shape index (κ1) is 6.21. The minimum absolute atomic E-state index is 0.389. The number of rotatable bonds is 3. The second kappa shape index (κ2) is 5.21. The lowest BCUT2D eigenvalue weighted by Gasteiger charge is -1.84. The Morgan fingerprint density at radius 3 is 2.86 bits per heavy atom. The van der Waals surface area contributed by atoms with E-state index >= 15 is 0 Å². The van der Waals surface area contributed by atoms with E-state index in [2.05, 4.69) is 4.74 Å². The van der Waals surface area contributed by atoms with E-state index in [0.717, 1.165) is 0 Å². The van der Waals surface area contributed by atoms with Crippen molar-refractivity contribution in [3.8, 4) is 0 Å². The van der Waals surface area contributed by atoms with Gasteiger partial charge in [-0.15, -0.1) is 0 Å². The highest BCUT2D eigenvalue weighted by Crippen LogP contribution is 1.69. The summed E-state index contributed by atoms with van der Waals surface area (Å²) in [5, 5.41) is 0. The summed E-state index contributed by atoms with van der Waals surface area (Å²) in [7, 11) is 0. The van der Waals surface area contributed by atoms with Crippen LogP contribution in [0.5, 0.6) is 0 Å². The van der Waals surface area contributed by atoms with Crippen LogP contribution in [0.1, 0.15) is 6.92 Å². The van der Waals surface area contributed by atoms with Crippen molar-refractivity contribution >= 4 is 6.47 Å². The third-order valence-corrected chi connectivity index (χ3v) is 0.496. The molecule has 0 aliphatic heterocycles. The Bertz CT molecular complexity index is 66.5. The molecule has 40 valence electrons. The molecule has 0 spiro atoms. The standard InChI is InChI=1S/C5H8O2/c1-2-3-4-7-5-6/h2-3,5H,4H2,1H3/b3-2-. The molecule has 0 bridgehead atoms. The number of hydrogen-bond donors (Lipinski definition) is 0. The molecule has 0 atom stereocenters. The number of allylic oxidation sites excluding steroid dienone is 1. The van der Waals surface area contributed by atoms with E-state index < -0.39 is 0 Å². The topological polar surface area (TPSA) is 26.3 Å². The molecule has 0 aromatic heterocycles. The van der Waals surface area contributed by atoms with Crippen LogP contribution in [0.2, 0.25) is 0 Å². The van der Waals surface area contributed by atoms with Crippen molar-refractivity contribution in [3.05, 3.63) is 12.2 Å². The molecule has 0 unspecified atom stereocenters. The smallest absolute Gasteiger partial charge is 0.293 e. The van der Waals surface area contributed by atoms with Crippen LogP contribution in [0.15, 0.2) is 12.2 Å². The second-order valence-corrected chi connectivity index (χ2v) is 0.999. The summed E-state index contributed by atoms with van der Waals surface area (Å²) in [6.07, 6.45) is 3.58. The van der Waals surface area contributed by atoms with Gasteiger partial charge in [-0.1, -0.05) is 12.2 Å². The van der Waals surface area contributed by atoms with E-state index in [1.165, 1.54) is 0 Å². The molecule has 0 radical (unpaired) electrons. The van der Waals surface area contributed by atoms with Crippen molar-refractivity contribution in [2.75, 3.05) is 6.61 Å². The minimum atomic E-state index is 0.389.